The minimum Gasteiger partial charge on any atom is -0.480 e. The Hall–Kier alpha value is -2.98. The van der Waals surface area contributed by atoms with Crippen LogP contribution in [0.25, 0.3) is 0 Å². The third-order valence-electron chi connectivity index (χ3n) is 5.02. The molecular formula is C23H36N4O6. The highest BCUT2D eigenvalue weighted by atomic mass is 16.4. The van der Waals surface area contributed by atoms with Gasteiger partial charge in [-0.1, -0.05) is 58.0 Å². The molecule has 0 aliphatic rings. The van der Waals surface area contributed by atoms with Crippen LogP contribution in [0, 0.1) is 11.8 Å². The Labute approximate surface area is 194 Å². The largest absolute Gasteiger partial charge is 0.480 e. The molecule has 0 saturated heterocycles. The molecule has 7 N–H and O–H groups in total. The fourth-order valence-electron chi connectivity index (χ4n) is 3.16. The zero-order valence-electron chi connectivity index (χ0n) is 19.6. The van der Waals surface area contributed by atoms with Crippen LogP contribution in [-0.2, 0) is 25.6 Å². The molecule has 33 heavy (non-hydrogen) atoms. The van der Waals surface area contributed by atoms with E-state index in [2.05, 4.69) is 16.0 Å². The molecule has 0 spiro atoms. The molecule has 0 radical (unpaired) electrons. The lowest BCUT2D eigenvalue weighted by molar-refractivity contribution is -0.142. The summed E-state index contributed by atoms with van der Waals surface area (Å²) in [5.74, 6) is -3.40. The minimum absolute atomic E-state index is 0.0216. The van der Waals surface area contributed by atoms with Crippen molar-refractivity contribution in [3.8, 4) is 0 Å². The van der Waals surface area contributed by atoms with Crippen LogP contribution in [0.5, 0.6) is 0 Å². The second-order valence-electron chi connectivity index (χ2n) is 8.80. The van der Waals surface area contributed by atoms with Crippen LogP contribution in [0.3, 0.4) is 0 Å². The van der Waals surface area contributed by atoms with Crippen molar-refractivity contribution in [1.29, 1.82) is 0 Å². The predicted octanol–water partition coefficient (Wildman–Crippen LogP) is -0.210. The molecule has 4 atom stereocenters. The van der Waals surface area contributed by atoms with Crippen LogP contribution >= 0.6 is 0 Å². The van der Waals surface area contributed by atoms with Crippen molar-refractivity contribution in [2.45, 2.75) is 64.7 Å². The Bertz CT molecular complexity index is 799. The third kappa shape index (κ3) is 9.58. The van der Waals surface area contributed by atoms with Gasteiger partial charge in [0.1, 0.15) is 24.2 Å². The molecule has 3 amide bonds. The van der Waals surface area contributed by atoms with Gasteiger partial charge in [0.2, 0.25) is 17.7 Å². The second-order valence-corrected chi connectivity index (χ2v) is 8.80. The molecule has 1 aromatic rings. The van der Waals surface area contributed by atoms with E-state index in [1.165, 1.54) is 0 Å². The fraction of sp³-hybridized carbons (Fsp3) is 0.565. The standard InChI is InChI=1S/C23H36N4O6/c1-13(2)10-17(25-22(31)19(14(3)4)27-20(29)16(24)12-28)21(30)26-18(23(32)33)11-15-8-6-5-7-9-15/h5-9,13-14,16-19,28H,10-12,24H2,1-4H3,(H,25,31)(H,26,30)(H,27,29)(H,32,33). The molecule has 0 saturated carbocycles. The summed E-state index contributed by atoms with van der Waals surface area (Å²) in [5.41, 5.74) is 6.26. The van der Waals surface area contributed by atoms with Crippen LogP contribution in [0.15, 0.2) is 30.3 Å². The average Bonchev–Trinajstić information content (AvgIpc) is 2.75. The van der Waals surface area contributed by atoms with Crippen LogP contribution in [0.2, 0.25) is 0 Å². The number of rotatable bonds is 13. The molecule has 0 fully saturated rings. The highest BCUT2D eigenvalue weighted by Gasteiger charge is 2.32. The van der Waals surface area contributed by atoms with Crippen LogP contribution in [-0.4, -0.2) is 64.7 Å². The summed E-state index contributed by atoms with van der Waals surface area (Å²) in [7, 11) is 0. The molecule has 0 aliphatic heterocycles. The summed E-state index contributed by atoms with van der Waals surface area (Å²) < 4.78 is 0. The lowest BCUT2D eigenvalue weighted by Crippen LogP contribution is -2.59. The molecule has 0 heterocycles. The fourth-order valence-corrected chi connectivity index (χ4v) is 3.16. The molecule has 1 rings (SSSR count). The highest BCUT2D eigenvalue weighted by molar-refractivity contribution is 5.94. The maximum Gasteiger partial charge on any atom is 0.326 e. The van der Waals surface area contributed by atoms with Crippen LogP contribution < -0.4 is 21.7 Å². The first-order chi connectivity index (χ1) is 15.5. The lowest BCUT2D eigenvalue weighted by atomic mass is 9.99. The van der Waals surface area contributed by atoms with Gasteiger partial charge in [-0.25, -0.2) is 4.79 Å². The monoisotopic (exact) mass is 464 g/mol. The molecule has 0 bridgehead atoms. The maximum atomic E-state index is 13.0. The van der Waals surface area contributed by atoms with E-state index in [0.717, 1.165) is 5.56 Å². The van der Waals surface area contributed by atoms with E-state index in [9.17, 15) is 24.3 Å². The number of amides is 3. The molecule has 4 unspecified atom stereocenters. The molecule has 0 aliphatic carbocycles. The minimum atomic E-state index is -1.19. The van der Waals surface area contributed by atoms with Gasteiger partial charge in [-0.3, -0.25) is 14.4 Å². The van der Waals surface area contributed by atoms with Gasteiger partial charge in [0, 0.05) is 6.42 Å². The Morgan fingerprint density at radius 1 is 0.879 bits per heavy atom. The second kappa shape index (κ2) is 13.5. The topological polar surface area (TPSA) is 171 Å². The van der Waals surface area contributed by atoms with Crippen molar-refractivity contribution >= 4 is 23.7 Å². The highest BCUT2D eigenvalue weighted by Crippen LogP contribution is 2.10. The van der Waals surface area contributed by atoms with Gasteiger partial charge in [0.05, 0.1) is 6.61 Å². The average molecular weight is 465 g/mol. The summed E-state index contributed by atoms with van der Waals surface area (Å²) in [5, 5.41) is 26.3. The van der Waals surface area contributed by atoms with E-state index in [4.69, 9.17) is 10.8 Å². The van der Waals surface area contributed by atoms with Gasteiger partial charge in [-0.05, 0) is 23.8 Å². The Morgan fingerprint density at radius 2 is 1.45 bits per heavy atom. The van der Waals surface area contributed by atoms with Crippen molar-refractivity contribution in [3.05, 3.63) is 35.9 Å². The summed E-state index contributed by atoms with van der Waals surface area (Å²) in [6.45, 7) is 6.59. The van der Waals surface area contributed by atoms with E-state index in [1.54, 1.807) is 38.1 Å². The Balaban J connectivity index is 2.97. The summed E-state index contributed by atoms with van der Waals surface area (Å²) in [6, 6.07) is 4.56. The number of carbonyl (C=O) groups excluding carboxylic acids is 3. The first kappa shape index (κ1) is 28.1. The van der Waals surface area contributed by atoms with Gasteiger partial charge < -0.3 is 31.9 Å². The number of carboxylic acids is 1. The van der Waals surface area contributed by atoms with Gasteiger partial charge in [0.15, 0.2) is 0 Å². The first-order valence-corrected chi connectivity index (χ1v) is 11.0. The van der Waals surface area contributed by atoms with Crippen molar-refractivity contribution in [2.24, 2.45) is 17.6 Å². The van der Waals surface area contributed by atoms with E-state index in [0.29, 0.717) is 0 Å². The van der Waals surface area contributed by atoms with Gasteiger partial charge in [-0.2, -0.15) is 0 Å². The summed E-state index contributed by atoms with van der Waals surface area (Å²) in [6.07, 6.45) is 0.359. The lowest BCUT2D eigenvalue weighted by Gasteiger charge is -2.27. The van der Waals surface area contributed by atoms with E-state index in [-0.39, 0.29) is 24.7 Å². The Kier molecular flexibility index (Phi) is 11.5. The predicted molar refractivity (Wildman–Crippen MR) is 123 cm³/mol. The zero-order valence-corrected chi connectivity index (χ0v) is 19.6. The first-order valence-electron chi connectivity index (χ1n) is 11.0. The summed E-state index contributed by atoms with van der Waals surface area (Å²) in [4.78, 5) is 49.7. The van der Waals surface area contributed by atoms with Crippen LogP contribution in [0.4, 0.5) is 0 Å². The van der Waals surface area contributed by atoms with E-state index in [1.807, 2.05) is 19.9 Å². The number of aliphatic hydroxyl groups is 1. The zero-order chi connectivity index (χ0) is 25.1. The molecule has 10 heteroatoms. The number of carbonyl (C=O) groups is 4. The van der Waals surface area contributed by atoms with E-state index < -0.39 is 54.5 Å². The van der Waals surface area contributed by atoms with Gasteiger partial charge in [0.25, 0.3) is 0 Å². The number of carboxylic acid groups (broad SMARTS) is 1. The number of hydrogen-bond donors (Lipinski definition) is 6. The normalized spacial score (nSPS) is 14.8. The third-order valence-corrected chi connectivity index (χ3v) is 5.02. The number of aliphatic carboxylic acids is 1. The van der Waals surface area contributed by atoms with Crippen molar-refractivity contribution in [3.63, 3.8) is 0 Å². The Morgan fingerprint density at radius 3 is 1.94 bits per heavy atom. The smallest absolute Gasteiger partial charge is 0.326 e. The number of benzene rings is 1. The van der Waals surface area contributed by atoms with Crippen molar-refractivity contribution in [2.75, 3.05) is 6.61 Å². The molecule has 1 aromatic carbocycles. The number of hydrogen-bond acceptors (Lipinski definition) is 6. The van der Waals surface area contributed by atoms with Crippen LogP contribution in [0.1, 0.15) is 39.7 Å². The SMILES string of the molecule is CC(C)CC(NC(=O)C(NC(=O)C(N)CO)C(C)C)C(=O)NC(Cc1ccccc1)C(=O)O. The van der Waals surface area contributed by atoms with Gasteiger partial charge >= 0.3 is 5.97 Å². The quantitative estimate of drug-likeness (QED) is 0.234. The summed E-state index contributed by atoms with van der Waals surface area (Å²) >= 11 is 0. The molecular weight excluding hydrogens is 428 g/mol. The van der Waals surface area contributed by atoms with E-state index >= 15 is 0 Å². The number of aliphatic hydroxyl groups excluding tert-OH is 1. The molecule has 10 nitrogen and oxygen atoms in total. The number of nitrogens with two attached hydrogens (primary N) is 1. The van der Waals surface area contributed by atoms with Crippen molar-refractivity contribution in [1.82, 2.24) is 16.0 Å². The van der Waals surface area contributed by atoms with Gasteiger partial charge in [-0.15, -0.1) is 0 Å². The number of nitrogens with one attached hydrogen (secondary N) is 3. The molecule has 184 valence electrons. The van der Waals surface area contributed by atoms with Crippen molar-refractivity contribution < 1.29 is 29.4 Å². The molecule has 0 aromatic heterocycles. The maximum absolute atomic E-state index is 13.0.